The number of ether oxygens (including phenoxy) is 2. The van der Waals surface area contributed by atoms with Gasteiger partial charge < -0.3 is 9.47 Å². The first kappa shape index (κ1) is 23.1. The lowest BCUT2D eigenvalue weighted by molar-refractivity contribution is 0.00200. The predicted octanol–water partition coefficient (Wildman–Crippen LogP) is 6.15. The first-order chi connectivity index (χ1) is 16.4. The largest absolute Gasteiger partial charge is 0.497 e. The zero-order valence-electron chi connectivity index (χ0n) is 19.8. The average Bonchev–Trinajstić information content (AvgIpc) is 3.21. The smallest absolute Gasteiger partial charge is 0.267 e. The molecule has 7 heteroatoms. The van der Waals surface area contributed by atoms with E-state index in [1.54, 1.807) is 34.8 Å². The molecule has 0 unspecified atom stereocenters. The van der Waals surface area contributed by atoms with Crippen LogP contribution >= 0.6 is 23.1 Å². The minimum Gasteiger partial charge on any atom is -0.497 e. The normalized spacial score (nSPS) is 15.6. The van der Waals surface area contributed by atoms with Crippen LogP contribution in [0, 0.1) is 12.8 Å². The summed E-state index contributed by atoms with van der Waals surface area (Å²) in [4.78, 5) is 21.0. The number of hydrogen-bond acceptors (Lipinski definition) is 6. The molecule has 1 aliphatic heterocycles. The van der Waals surface area contributed by atoms with Crippen LogP contribution < -0.4 is 10.3 Å². The van der Waals surface area contributed by atoms with Crippen LogP contribution in [-0.4, -0.2) is 22.8 Å². The first-order valence-electron chi connectivity index (χ1n) is 11.5. The molecule has 4 aromatic rings. The maximum absolute atomic E-state index is 14.0. The molecule has 34 heavy (non-hydrogen) atoms. The lowest BCUT2D eigenvalue weighted by atomic mass is 9.96. The van der Waals surface area contributed by atoms with Crippen molar-refractivity contribution >= 4 is 33.3 Å². The number of fused-ring (bicyclic) bond motifs is 3. The Kier molecular flexibility index (Phi) is 6.51. The highest BCUT2D eigenvalue weighted by molar-refractivity contribution is 7.98. The third-order valence-electron chi connectivity index (χ3n) is 6.24. The maximum Gasteiger partial charge on any atom is 0.267 e. The number of benzene rings is 2. The standard InChI is InChI=1S/C27H28N2O3S2/c1-16(2)22-13-21-23(14-32-22)34-25-24(21)26(30)29(19-7-5-6-17(3)12-19)27(28-25)33-15-18-8-10-20(31-4)11-9-18/h5-12,16,22H,13-15H2,1-4H3/t22-/m1/s1. The van der Waals surface area contributed by atoms with Gasteiger partial charge in [-0.1, -0.05) is 49.9 Å². The topological polar surface area (TPSA) is 53.3 Å². The van der Waals surface area contributed by atoms with Gasteiger partial charge in [-0.2, -0.15) is 0 Å². The molecule has 1 aliphatic rings. The average molecular weight is 493 g/mol. The number of aromatic nitrogens is 2. The fourth-order valence-corrected chi connectivity index (χ4v) is 6.43. The van der Waals surface area contributed by atoms with E-state index in [1.807, 2.05) is 55.5 Å². The molecular formula is C27H28N2O3S2. The van der Waals surface area contributed by atoms with E-state index in [0.717, 1.165) is 49.6 Å². The van der Waals surface area contributed by atoms with Gasteiger partial charge in [0, 0.05) is 17.1 Å². The van der Waals surface area contributed by atoms with E-state index in [-0.39, 0.29) is 11.7 Å². The fraction of sp³-hybridized carbons (Fsp3) is 0.333. The lowest BCUT2D eigenvalue weighted by Gasteiger charge is -2.26. The summed E-state index contributed by atoms with van der Waals surface area (Å²) < 4.78 is 13.1. The molecule has 0 N–H and O–H groups in total. The van der Waals surface area contributed by atoms with E-state index in [9.17, 15) is 4.79 Å². The second-order valence-corrected chi connectivity index (χ2v) is 11.0. The van der Waals surface area contributed by atoms with Crippen molar-refractivity contribution in [1.82, 2.24) is 9.55 Å². The van der Waals surface area contributed by atoms with E-state index in [0.29, 0.717) is 23.4 Å². The Hall–Kier alpha value is -2.61. The van der Waals surface area contributed by atoms with Gasteiger partial charge in [0.15, 0.2) is 5.16 Å². The minimum atomic E-state index is 0.00902. The van der Waals surface area contributed by atoms with E-state index < -0.39 is 0 Å². The fourth-order valence-electron chi connectivity index (χ4n) is 4.30. The van der Waals surface area contributed by atoms with Crippen molar-refractivity contribution in [2.45, 2.75) is 50.8 Å². The Balaban J connectivity index is 1.62. The molecule has 0 radical (unpaired) electrons. The Morgan fingerprint density at radius 3 is 2.74 bits per heavy atom. The molecule has 0 saturated carbocycles. The summed E-state index contributed by atoms with van der Waals surface area (Å²) in [6.07, 6.45) is 0.886. The summed E-state index contributed by atoms with van der Waals surface area (Å²) in [6.45, 7) is 6.93. The molecule has 1 atom stereocenters. The van der Waals surface area contributed by atoms with Crippen molar-refractivity contribution in [2.75, 3.05) is 7.11 Å². The van der Waals surface area contributed by atoms with Crippen molar-refractivity contribution in [2.24, 2.45) is 5.92 Å². The van der Waals surface area contributed by atoms with Crippen LogP contribution in [0.5, 0.6) is 5.75 Å². The molecular weight excluding hydrogens is 464 g/mol. The number of methoxy groups -OCH3 is 1. The van der Waals surface area contributed by atoms with Gasteiger partial charge in [-0.25, -0.2) is 4.98 Å². The van der Waals surface area contributed by atoms with Crippen LogP contribution in [0.15, 0.2) is 58.5 Å². The number of hydrogen-bond donors (Lipinski definition) is 0. The van der Waals surface area contributed by atoms with Crippen molar-refractivity contribution in [3.63, 3.8) is 0 Å². The molecule has 0 amide bonds. The van der Waals surface area contributed by atoms with E-state index in [1.165, 1.54) is 0 Å². The molecule has 176 valence electrons. The second-order valence-electron chi connectivity index (χ2n) is 8.99. The van der Waals surface area contributed by atoms with Crippen LogP contribution in [0.1, 0.15) is 35.4 Å². The molecule has 5 rings (SSSR count). The summed E-state index contributed by atoms with van der Waals surface area (Å²) in [5, 5.41) is 1.46. The van der Waals surface area contributed by atoms with Gasteiger partial charge in [0.05, 0.1) is 30.9 Å². The van der Waals surface area contributed by atoms with Gasteiger partial charge in [-0.3, -0.25) is 9.36 Å². The number of rotatable bonds is 6. The van der Waals surface area contributed by atoms with Gasteiger partial charge >= 0.3 is 0 Å². The van der Waals surface area contributed by atoms with Crippen molar-refractivity contribution in [3.05, 3.63) is 80.5 Å². The van der Waals surface area contributed by atoms with Crippen LogP contribution in [0.25, 0.3) is 15.9 Å². The first-order valence-corrected chi connectivity index (χ1v) is 13.3. The summed E-state index contributed by atoms with van der Waals surface area (Å²) in [7, 11) is 1.67. The van der Waals surface area contributed by atoms with E-state index in [2.05, 4.69) is 13.8 Å². The molecule has 3 heterocycles. The molecule has 0 spiro atoms. The molecule has 5 nitrogen and oxygen atoms in total. The molecule has 0 saturated heterocycles. The second kappa shape index (κ2) is 9.56. The quantitative estimate of drug-likeness (QED) is 0.239. The van der Waals surface area contributed by atoms with Crippen LogP contribution in [-0.2, 0) is 23.5 Å². The van der Waals surface area contributed by atoms with Crippen LogP contribution in [0.3, 0.4) is 0 Å². The van der Waals surface area contributed by atoms with Gasteiger partial charge in [0.2, 0.25) is 0 Å². The molecule has 0 aliphatic carbocycles. The Labute approximate surface area is 207 Å². The van der Waals surface area contributed by atoms with Crippen molar-refractivity contribution in [1.29, 1.82) is 0 Å². The highest BCUT2D eigenvalue weighted by Crippen LogP contribution is 2.36. The van der Waals surface area contributed by atoms with E-state index in [4.69, 9.17) is 14.5 Å². The SMILES string of the molecule is COc1ccc(CSc2nc3sc4c(c3c(=O)n2-c2cccc(C)c2)C[C@H](C(C)C)OC4)cc1. The minimum absolute atomic E-state index is 0.00902. The summed E-state index contributed by atoms with van der Waals surface area (Å²) in [5.41, 5.74) is 4.24. The third-order valence-corrected chi connectivity index (χ3v) is 8.35. The van der Waals surface area contributed by atoms with Crippen LogP contribution in [0.4, 0.5) is 0 Å². The number of aryl methyl sites for hydroxylation is 1. The number of nitrogens with zero attached hydrogens (tertiary/aromatic N) is 2. The Morgan fingerprint density at radius 2 is 2.03 bits per heavy atom. The van der Waals surface area contributed by atoms with Crippen LogP contribution in [0.2, 0.25) is 0 Å². The molecule has 2 aromatic carbocycles. The van der Waals surface area contributed by atoms with Crippen molar-refractivity contribution in [3.8, 4) is 11.4 Å². The lowest BCUT2D eigenvalue weighted by Crippen LogP contribution is -2.28. The monoisotopic (exact) mass is 492 g/mol. The third kappa shape index (κ3) is 4.40. The molecule has 0 fully saturated rings. The molecule has 2 aromatic heterocycles. The number of thioether (sulfide) groups is 1. The maximum atomic E-state index is 14.0. The van der Waals surface area contributed by atoms with Gasteiger partial charge in [0.1, 0.15) is 10.6 Å². The van der Waals surface area contributed by atoms with E-state index >= 15 is 0 Å². The van der Waals surface area contributed by atoms with Crippen molar-refractivity contribution < 1.29 is 9.47 Å². The zero-order valence-corrected chi connectivity index (χ0v) is 21.5. The van der Waals surface area contributed by atoms with Gasteiger partial charge in [-0.15, -0.1) is 11.3 Å². The van der Waals surface area contributed by atoms with Gasteiger partial charge in [0.25, 0.3) is 5.56 Å². The zero-order chi connectivity index (χ0) is 23.8. The predicted molar refractivity (Wildman–Crippen MR) is 140 cm³/mol. The summed E-state index contributed by atoms with van der Waals surface area (Å²) in [6, 6.07) is 16.1. The molecule has 0 bridgehead atoms. The summed E-state index contributed by atoms with van der Waals surface area (Å²) >= 11 is 3.18. The number of thiophene rings is 1. The van der Waals surface area contributed by atoms with Gasteiger partial charge in [-0.05, 0) is 53.8 Å². The highest BCUT2D eigenvalue weighted by Gasteiger charge is 2.28. The Bertz CT molecular complexity index is 1390. The summed E-state index contributed by atoms with van der Waals surface area (Å²) in [5.74, 6) is 1.93. The Morgan fingerprint density at radius 1 is 1.24 bits per heavy atom. The highest BCUT2D eigenvalue weighted by atomic mass is 32.2.